The summed E-state index contributed by atoms with van der Waals surface area (Å²) < 4.78 is 11.8. The minimum Gasteiger partial charge on any atom is -0.496 e. The fourth-order valence-corrected chi connectivity index (χ4v) is 2.33. The van der Waals surface area contributed by atoms with E-state index in [9.17, 15) is 0 Å². The number of methoxy groups -OCH3 is 2. The van der Waals surface area contributed by atoms with Crippen molar-refractivity contribution in [2.45, 2.75) is 19.4 Å². The van der Waals surface area contributed by atoms with E-state index in [0.29, 0.717) is 6.04 Å². The number of likely N-dealkylation sites (N-methyl/N-ethyl adjacent to an activating group) is 1. The second-order valence-corrected chi connectivity index (χ2v) is 5.48. The first-order chi connectivity index (χ1) is 7.99. The molecule has 17 heavy (non-hydrogen) atoms. The molecule has 3 nitrogen and oxygen atoms in total. The van der Waals surface area contributed by atoms with Gasteiger partial charge in [-0.3, -0.25) is 0 Å². The maximum atomic E-state index is 5.42. The van der Waals surface area contributed by atoms with Crippen LogP contribution in [-0.2, 0) is 6.42 Å². The van der Waals surface area contributed by atoms with Crippen molar-refractivity contribution in [1.82, 2.24) is 4.90 Å². The van der Waals surface area contributed by atoms with Crippen molar-refractivity contribution in [3.8, 4) is 11.5 Å². The average molecular weight is 349 g/mol. The molecule has 1 aromatic carbocycles. The largest absolute Gasteiger partial charge is 0.496 e. The Labute approximate surface area is 117 Å². The molecule has 0 N–H and O–H groups in total. The van der Waals surface area contributed by atoms with Crippen molar-refractivity contribution in [1.29, 1.82) is 0 Å². The van der Waals surface area contributed by atoms with Crippen LogP contribution >= 0.6 is 22.6 Å². The predicted octanol–water partition coefficient (Wildman–Crippen LogP) is 2.80. The molecule has 0 aliphatic rings. The van der Waals surface area contributed by atoms with E-state index < -0.39 is 0 Å². The number of halogens is 1. The smallest absolute Gasteiger partial charge is 0.135 e. The van der Waals surface area contributed by atoms with E-state index in [4.69, 9.17) is 9.47 Å². The SMILES string of the molecule is COc1cc(OC)c(C[C@@H](C)N(C)C)cc1I. The summed E-state index contributed by atoms with van der Waals surface area (Å²) in [7, 11) is 7.56. The standard InChI is InChI=1S/C13H20INO2/c1-9(15(2)3)6-10-7-11(14)13(17-5)8-12(10)16-4/h7-9H,6H2,1-5H3/t9-/m1/s1. The zero-order chi connectivity index (χ0) is 13.0. The van der Waals surface area contributed by atoms with E-state index in [0.717, 1.165) is 21.5 Å². The van der Waals surface area contributed by atoms with Crippen molar-refractivity contribution in [3.63, 3.8) is 0 Å². The van der Waals surface area contributed by atoms with Crippen LogP contribution in [0.4, 0.5) is 0 Å². The number of benzene rings is 1. The number of nitrogens with zero attached hydrogens (tertiary/aromatic N) is 1. The second-order valence-electron chi connectivity index (χ2n) is 4.32. The molecule has 0 amide bonds. The Morgan fingerprint density at radius 3 is 2.24 bits per heavy atom. The molecule has 0 saturated carbocycles. The minimum absolute atomic E-state index is 0.480. The molecule has 0 unspecified atom stereocenters. The lowest BCUT2D eigenvalue weighted by Crippen LogP contribution is -2.26. The van der Waals surface area contributed by atoms with Crippen LogP contribution in [0.2, 0.25) is 0 Å². The Balaban J connectivity index is 3.02. The molecule has 0 aliphatic carbocycles. The van der Waals surface area contributed by atoms with Gasteiger partial charge < -0.3 is 14.4 Å². The van der Waals surface area contributed by atoms with Crippen LogP contribution in [-0.4, -0.2) is 39.3 Å². The molecule has 0 aliphatic heterocycles. The zero-order valence-electron chi connectivity index (χ0n) is 11.1. The first-order valence-corrected chi connectivity index (χ1v) is 6.64. The van der Waals surface area contributed by atoms with Crippen molar-refractivity contribution in [3.05, 3.63) is 21.3 Å². The van der Waals surface area contributed by atoms with Crippen LogP contribution in [0.15, 0.2) is 12.1 Å². The summed E-state index contributed by atoms with van der Waals surface area (Å²) in [6.45, 7) is 2.20. The summed E-state index contributed by atoms with van der Waals surface area (Å²) in [5.41, 5.74) is 1.22. The summed E-state index contributed by atoms with van der Waals surface area (Å²) in [6, 6.07) is 4.57. The normalized spacial score (nSPS) is 12.6. The van der Waals surface area contributed by atoms with Crippen LogP contribution < -0.4 is 9.47 Å². The Morgan fingerprint density at radius 1 is 1.18 bits per heavy atom. The van der Waals surface area contributed by atoms with Gasteiger partial charge in [-0.05, 0) is 61.7 Å². The van der Waals surface area contributed by atoms with Gasteiger partial charge in [0.1, 0.15) is 11.5 Å². The van der Waals surface area contributed by atoms with Crippen molar-refractivity contribution in [2.24, 2.45) is 0 Å². The van der Waals surface area contributed by atoms with Crippen molar-refractivity contribution in [2.75, 3.05) is 28.3 Å². The van der Waals surface area contributed by atoms with Gasteiger partial charge >= 0.3 is 0 Å². The maximum Gasteiger partial charge on any atom is 0.135 e. The van der Waals surface area contributed by atoms with Crippen LogP contribution in [0.3, 0.4) is 0 Å². The van der Waals surface area contributed by atoms with Gasteiger partial charge in [0.2, 0.25) is 0 Å². The molecular formula is C13H20INO2. The van der Waals surface area contributed by atoms with Crippen LogP contribution in [0.1, 0.15) is 12.5 Å². The highest BCUT2D eigenvalue weighted by Crippen LogP contribution is 2.31. The monoisotopic (exact) mass is 349 g/mol. The van der Waals surface area contributed by atoms with E-state index in [1.54, 1.807) is 14.2 Å². The van der Waals surface area contributed by atoms with Gasteiger partial charge in [0.15, 0.2) is 0 Å². The lowest BCUT2D eigenvalue weighted by molar-refractivity contribution is 0.308. The molecular weight excluding hydrogens is 329 g/mol. The molecule has 0 saturated heterocycles. The maximum absolute atomic E-state index is 5.42. The summed E-state index contributed by atoms with van der Waals surface area (Å²) in [4.78, 5) is 2.20. The molecule has 1 aromatic rings. The number of rotatable bonds is 5. The quantitative estimate of drug-likeness (QED) is 0.763. The van der Waals surface area contributed by atoms with Crippen LogP contribution in [0, 0.1) is 3.57 Å². The predicted molar refractivity (Wildman–Crippen MR) is 79.1 cm³/mol. The van der Waals surface area contributed by atoms with E-state index in [2.05, 4.69) is 54.6 Å². The van der Waals surface area contributed by atoms with Gasteiger partial charge in [0.25, 0.3) is 0 Å². The Kier molecular flexibility index (Phi) is 5.52. The van der Waals surface area contributed by atoms with Crippen molar-refractivity contribution < 1.29 is 9.47 Å². The van der Waals surface area contributed by atoms with Crippen LogP contribution in [0.25, 0.3) is 0 Å². The molecule has 4 heteroatoms. The van der Waals surface area contributed by atoms with E-state index >= 15 is 0 Å². The molecule has 96 valence electrons. The highest BCUT2D eigenvalue weighted by Gasteiger charge is 2.13. The molecule has 0 spiro atoms. The summed E-state index contributed by atoms with van der Waals surface area (Å²) in [5, 5.41) is 0. The molecule has 0 fully saturated rings. The van der Waals surface area contributed by atoms with E-state index in [-0.39, 0.29) is 0 Å². The number of ether oxygens (including phenoxy) is 2. The summed E-state index contributed by atoms with van der Waals surface area (Å²) in [5.74, 6) is 1.76. The molecule has 0 radical (unpaired) electrons. The third kappa shape index (κ3) is 3.74. The van der Waals surface area contributed by atoms with Gasteiger partial charge in [-0.2, -0.15) is 0 Å². The Bertz CT molecular complexity index is 380. The average Bonchev–Trinajstić information content (AvgIpc) is 2.29. The Morgan fingerprint density at radius 2 is 1.76 bits per heavy atom. The van der Waals surface area contributed by atoms with Crippen LogP contribution in [0.5, 0.6) is 11.5 Å². The summed E-state index contributed by atoms with van der Waals surface area (Å²) >= 11 is 2.29. The molecule has 0 heterocycles. The van der Waals surface area contributed by atoms with Gasteiger partial charge in [-0.25, -0.2) is 0 Å². The summed E-state index contributed by atoms with van der Waals surface area (Å²) in [6.07, 6.45) is 0.968. The van der Waals surface area contributed by atoms with Gasteiger partial charge in [-0.1, -0.05) is 0 Å². The fraction of sp³-hybridized carbons (Fsp3) is 0.538. The van der Waals surface area contributed by atoms with Gasteiger partial charge in [-0.15, -0.1) is 0 Å². The van der Waals surface area contributed by atoms with Gasteiger partial charge in [0.05, 0.1) is 17.8 Å². The lowest BCUT2D eigenvalue weighted by atomic mass is 10.1. The lowest BCUT2D eigenvalue weighted by Gasteiger charge is -2.21. The highest BCUT2D eigenvalue weighted by atomic mass is 127. The second kappa shape index (κ2) is 6.44. The first-order valence-electron chi connectivity index (χ1n) is 5.56. The minimum atomic E-state index is 0.480. The highest BCUT2D eigenvalue weighted by molar-refractivity contribution is 14.1. The molecule has 0 bridgehead atoms. The van der Waals surface area contributed by atoms with Gasteiger partial charge in [0, 0.05) is 12.1 Å². The number of hydrogen-bond donors (Lipinski definition) is 0. The first kappa shape index (κ1) is 14.6. The van der Waals surface area contributed by atoms with E-state index in [1.807, 2.05) is 6.07 Å². The van der Waals surface area contributed by atoms with Crippen molar-refractivity contribution >= 4 is 22.6 Å². The third-order valence-electron chi connectivity index (χ3n) is 2.95. The molecule has 0 aromatic heterocycles. The fourth-order valence-electron chi connectivity index (χ4n) is 1.58. The number of hydrogen-bond acceptors (Lipinski definition) is 3. The topological polar surface area (TPSA) is 21.7 Å². The third-order valence-corrected chi connectivity index (χ3v) is 3.79. The van der Waals surface area contributed by atoms with E-state index in [1.165, 1.54) is 5.56 Å². The molecule has 1 atom stereocenters. The zero-order valence-corrected chi connectivity index (χ0v) is 13.2. The Hall–Kier alpha value is -0.490. The molecule has 1 rings (SSSR count).